The molecule has 6 heteroatoms. The van der Waals surface area contributed by atoms with E-state index in [9.17, 15) is 4.79 Å². The minimum absolute atomic E-state index is 0.131. The molecule has 6 nitrogen and oxygen atoms in total. The monoisotopic (exact) mass is 243 g/mol. The van der Waals surface area contributed by atoms with Gasteiger partial charge in [-0.3, -0.25) is 0 Å². The highest BCUT2D eigenvalue weighted by Gasteiger charge is 2.10. The van der Waals surface area contributed by atoms with Gasteiger partial charge in [0.1, 0.15) is 17.5 Å². The van der Waals surface area contributed by atoms with Gasteiger partial charge in [-0.2, -0.15) is 5.26 Å². The number of hydrogen-bond donors (Lipinski definition) is 1. The Bertz CT molecular complexity index is 640. The van der Waals surface area contributed by atoms with Gasteiger partial charge in [-0.1, -0.05) is 0 Å². The molecule has 90 valence electrons. The van der Waals surface area contributed by atoms with E-state index in [0.717, 1.165) is 0 Å². The average molecular weight is 243 g/mol. The number of carboxylic acids is 1. The number of hydrogen-bond acceptors (Lipinski definition) is 4. The molecule has 2 rings (SSSR count). The summed E-state index contributed by atoms with van der Waals surface area (Å²) in [5.41, 5.74) is 0.492. The van der Waals surface area contributed by atoms with Crippen LogP contribution in [0.4, 0.5) is 0 Å². The van der Waals surface area contributed by atoms with Crippen LogP contribution in [0.2, 0.25) is 0 Å². The van der Waals surface area contributed by atoms with Crippen molar-refractivity contribution in [2.45, 2.75) is 0 Å². The summed E-state index contributed by atoms with van der Waals surface area (Å²) in [7, 11) is 1.46. The Kier molecular flexibility index (Phi) is 2.98. The molecule has 2 aromatic heterocycles. The number of nitriles is 1. The molecule has 1 N–H and O–H groups in total. The lowest BCUT2D eigenvalue weighted by Gasteiger charge is -2.02. The van der Waals surface area contributed by atoms with Crippen LogP contribution < -0.4 is 4.74 Å². The zero-order valence-electron chi connectivity index (χ0n) is 9.49. The van der Waals surface area contributed by atoms with Crippen molar-refractivity contribution >= 4 is 5.97 Å². The molecule has 0 bridgehead atoms. The third-order valence-electron chi connectivity index (χ3n) is 2.39. The van der Waals surface area contributed by atoms with Gasteiger partial charge in [0.25, 0.3) is 0 Å². The van der Waals surface area contributed by atoms with Crippen LogP contribution in [0.5, 0.6) is 5.75 Å². The van der Waals surface area contributed by atoms with Gasteiger partial charge in [0, 0.05) is 12.4 Å². The Hall–Kier alpha value is -2.81. The van der Waals surface area contributed by atoms with Gasteiger partial charge in [-0.25, -0.2) is 9.78 Å². The highest BCUT2D eigenvalue weighted by Crippen LogP contribution is 2.21. The predicted molar refractivity (Wildman–Crippen MR) is 61.8 cm³/mol. The van der Waals surface area contributed by atoms with Crippen LogP contribution in [-0.2, 0) is 0 Å². The topological polar surface area (TPSA) is 88.1 Å². The zero-order chi connectivity index (χ0) is 13.1. The number of nitrogens with zero attached hydrogens (tertiary/aromatic N) is 3. The van der Waals surface area contributed by atoms with Crippen LogP contribution in [0, 0.1) is 11.3 Å². The van der Waals surface area contributed by atoms with Gasteiger partial charge in [0.15, 0.2) is 5.75 Å². The van der Waals surface area contributed by atoms with Gasteiger partial charge in [0.05, 0.1) is 18.9 Å². The second-order valence-corrected chi connectivity index (χ2v) is 3.47. The number of methoxy groups -OCH3 is 1. The molecular formula is C12H9N3O3. The SMILES string of the molecule is COc1cn(-c2cc(C(=O)O)ccn2)cc1C#N. The summed E-state index contributed by atoms with van der Waals surface area (Å²) in [6, 6.07) is 4.80. The van der Waals surface area contributed by atoms with Crippen LogP contribution in [0.1, 0.15) is 15.9 Å². The molecule has 0 unspecified atom stereocenters. The Morgan fingerprint density at radius 2 is 2.33 bits per heavy atom. The Morgan fingerprint density at radius 1 is 1.56 bits per heavy atom. The van der Waals surface area contributed by atoms with Crippen LogP contribution in [0.3, 0.4) is 0 Å². The summed E-state index contributed by atoms with van der Waals surface area (Å²) in [6.07, 6.45) is 4.51. The van der Waals surface area contributed by atoms with E-state index in [1.807, 2.05) is 6.07 Å². The van der Waals surface area contributed by atoms with Gasteiger partial charge in [-0.15, -0.1) is 0 Å². The molecule has 0 fully saturated rings. The third kappa shape index (κ3) is 2.01. The fraction of sp³-hybridized carbons (Fsp3) is 0.0833. The maximum absolute atomic E-state index is 10.9. The van der Waals surface area contributed by atoms with E-state index in [1.165, 1.54) is 31.6 Å². The largest absolute Gasteiger partial charge is 0.494 e. The van der Waals surface area contributed by atoms with Crippen LogP contribution in [-0.4, -0.2) is 27.7 Å². The van der Waals surface area contributed by atoms with Gasteiger partial charge in [0.2, 0.25) is 0 Å². The number of rotatable bonds is 3. The molecule has 0 atom stereocenters. The smallest absolute Gasteiger partial charge is 0.335 e. The predicted octanol–water partition coefficient (Wildman–Crippen LogP) is 1.45. The van der Waals surface area contributed by atoms with Crippen molar-refractivity contribution in [2.24, 2.45) is 0 Å². The van der Waals surface area contributed by atoms with E-state index in [-0.39, 0.29) is 5.56 Å². The van der Waals surface area contributed by atoms with Gasteiger partial charge < -0.3 is 14.4 Å². The molecule has 0 aliphatic rings. The fourth-order valence-corrected chi connectivity index (χ4v) is 1.51. The minimum Gasteiger partial charge on any atom is -0.494 e. The minimum atomic E-state index is -1.03. The molecule has 0 saturated heterocycles. The molecule has 0 saturated carbocycles. The molecule has 2 heterocycles. The van der Waals surface area contributed by atoms with E-state index >= 15 is 0 Å². The first-order chi connectivity index (χ1) is 8.65. The number of carboxylic acid groups (broad SMARTS) is 1. The van der Waals surface area contributed by atoms with Crippen molar-refractivity contribution in [3.8, 4) is 17.6 Å². The molecule has 18 heavy (non-hydrogen) atoms. The average Bonchev–Trinajstić information content (AvgIpc) is 2.82. The standard InChI is InChI=1S/C12H9N3O3/c1-18-10-7-15(6-9(10)5-13)11-4-8(12(16)17)2-3-14-11/h2-4,6-7H,1H3,(H,16,17). The molecule has 0 aliphatic heterocycles. The lowest BCUT2D eigenvalue weighted by Crippen LogP contribution is -2.00. The lowest BCUT2D eigenvalue weighted by atomic mass is 10.2. The van der Waals surface area contributed by atoms with Crippen molar-refractivity contribution in [1.29, 1.82) is 5.26 Å². The first kappa shape index (κ1) is 11.7. The third-order valence-corrected chi connectivity index (χ3v) is 2.39. The highest BCUT2D eigenvalue weighted by atomic mass is 16.5. The van der Waals surface area contributed by atoms with Crippen LogP contribution in [0.15, 0.2) is 30.7 Å². The van der Waals surface area contributed by atoms with E-state index in [0.29, 0.717) is 17.1 Å². The van der Waals surface area contributed by atoms with Crippen LogP contribution >= 0.6 is 0 Å². The van der Waals surface area contributed by atoms with Gasteiger partial charge >= 0.3 is 5.97 Å². The molecule has 0 spiro atoms. The summed E-state index contributed by atoms with van der Waals surface area (Å²) in [5, 5.41) is 17.8. The molecule has 2 aromatic rings. The zero-order valence-corrected chi connectivity index (χ0v) is 9.49. The van der Waals surface area contributed by atoms with Crippen molar-refractivity contribution < 1.29 is 14.6 Å². The first-order valence-corrected chi connectivity index (χ1v) is 5.01. The van der Waals surface area contributed by atoms with Crippen molar-refractivity contribution in [1.82, 2.24) is 9.55 Å². The summed E-state index contributed by atoms with van der Waals surface area (Å²) < 4.78 is 6.57. The summed E-state index contributed by atoms with van der Waals surface area (Å²) in [4.78, 5) is 14.9. The quantitative estimate of drug-likeness (QED) is 0.881. The van der Waals surface area contributed by atoms with E-state index in [1.54, 1.807) is 10.8 Å². The number of pyridine rings is 1. The number of ether oxygens (including phenoxy) is 1. The maximum atomic E-state index is 10.9. The number of aromatic carboxylic acids is 1. The molecule has 0 amide bonds. The molecule has 0 radical (unpaired) electrons. The number of aromatic nitrogens is 2. The molecule has 0 aromatic carbocycles. The lowest BCUT2D eigenvalue weighted by molar-refractivity contribution is 0.0696. The second kappa shape index (κ2) is 4.59. The highest BCUT2D eigenvalue weighted by molar-refractivity contribution is 5.87. The molecular weight excluding hydrogens is 234 g/mol. The fourth-order valence-electron chi connectivity index (χ4n) is 1.51. The Morgan fingerprint density at radius 3 is 2.89 bits per heavy atom. The van der Waals surface area contributed by atoms with E-state index in [2.05, 4.69) is 4.98 Å². The Balaban J connectivity index is 2.49. The normalized spacial score (nSPS) is 9.78. The molecule has 0 aliphatic carbocycles. The van der Waals surface area contributed by atoms with Crippen molar-refractivity contribution in [2.75, 3.05) is 7.11 Å². The first-order valence-electron chi connectivity index (χ1n) is 5.01. The Labute approximate surface area is 103 Å². The van der Waals surface area contributed by atoms with E-state index < -0.39 is 5.97 Å². The van der Waals surface area contributed by atoms with E-state index in [4.69, 9.17) is 15.1 Å². The van der Waals surface area contributed by atoms with Gasteiger partial charge in [-0.05, 0) is 12.1 Å². The number of carbonyl (C=O) groups is 1. The second-order valence-electron chi connectivity index (χ2n) is 3.47. The van der Waals surface area contributed by atoms with Crippen molar-refractivity contribution in [3.05, 3.63) is 41.9 Å². The summed E-state index contributed by atoms with van der Waals surface area (Å²) in [6.45, 7) is 0. The van der Waals surface area contributed by atoms with Crippen molar-refractivity contribution in [3.63, 3.8) is 0 Å². The summed E-state index contributed by atoms with van der Waals surface area (Å²) >= 11 is 0. The summed E-state index contributed by atoms with van der Waals surface area (Å²) in [5.74, 6) is -0.201. The van der Waals surface area contributed by atoms with Crippen LogP contribution in [0.25, 0.3) is 5.82 Å². The maximum Gasteiger partial charge on any atom is 0.335 e.